The summed E-state index contributed by atoms with van der Waals surface area (Å²) >= 11 is 0. The monoisotopic (exact) mass is 396 g/mol. The molecule has 0 saturated heterocycles. The summed E-state index contributed by atoms with van der Waals surface area (Å²) in [6, 6.07) is 1.37. The first-order chi connectivity index (χ1) is 13.4. The van der Waals surface area contributed by atoms with Gasteiger partial charge in [0.25, 0.3) is 0 Å². The molecular formula is C24H48O2Si. The zero-order valence-electron chi connectivity index (χ0n) is 18.4. The van der Waals surface area contributed by atoms with Crippen LogP contribution in [0.4, 0.5) is 0 Å². The lowest BCUT2D eigenvalue weighted by Gasteiger charge is -2.21. The largest absolute Gasteiger partial charge is 0.378 e. The zero-order valence-corrected chi connectivity index (χ0v) is 19.8. The van der Waals surface area contributed by atoms with Gasteiger partial charge in [0.15, 0.2) is 0 Å². The van der Waals surface area contributed by atoms with Crippen LogP contribution in [0.1, 0.15) is 122 Å². The molecule has 0 aromatic heterocycles. The maximum absolute atomic E-state index is 11.1. The number of hydrogen-bond acceptors (Lipinski definition) is 2. The molecule has 1 saturated carbocycles. The average molecular weight is 397 g/mol. The quantitative estimate of drug-likeness (QED) is 0.133. The normalized spacial score (nSPS) is 16.9. The third kappa shape index (κ3) is 15.4. The molecule has 0 amide bonds. The van der Waals surface area contributed by atoms with Gasteiger partial charge in [-0.1, -0.05) is 103 Å². The molecule has 0 radical (unpaired) electrons. The highest BCUT2D eigenvalue weighted by Crippen LogP contribution is 2.21. The minimum Gasteiger partial charge on any atom is -0.378 e. The Bertz CT molecular complexity index is 316. The van der Waals surface area contributed by atoms with E-state index in [0.29, 0.717) is 11.6 Å². The fraction of sp³-hybridized carbons (Fsp3) is 0.958. The second-order valence-corrected chi connectivity index (χ2v) is 11.2. The summed E-state index contributed by atoms with van der Waals surface area (Å²) in [6.07, 6.45) is 26.0. The molecule has 1 unspecified atom stereocenters. The minimum absolute atomic E-state index is 0.129. The van der Waals surface area contributed by atoms with E-state index in [2.05, 4.69) is 6.92 Å². The number of aldehydes is 1. The van der Waals surface area contributed by atoms with Gasteiger partial charge < -0.3 is 9.53 Å². The van der Waals surface area contributed by atoms with Crippen molar-refractivity contribution in [2.45, 2.75) is 140 Å². The Morgan fingerprint density at radius 1 is 0.852 bits per heavy atom. The van der Waals surface area contributed by atoms with E-state index in [4.69, 9.17) is 4.74 Å². The van der Waals surface area contributed by atoms with Crippen molar-refractivity contribution in [2.75, 3.05) is 6.61 Å². The average Bonchev–Trinajstić information content (AvgIpc) is 2.71. The first kappa shape index (κ1) is 24.9. The topological polar surface area (TPSA) is 26.3 Å². The predicted molar refractivity (Wildman–Crippen MR) is 122 cm³/mol. The van der Waals surface area contributed by atoms with Gasteiger partial charge in [0, 0.05) is 21.7 Å². The maximum atomic E-state index is 11.1. The first-order valence-corrected chi connectivity index (χ1v) is 14.3. The molecule has 0 aliphatic heterocycles. The fourth-order valence-corrected chi connectivity index (χ4v) is 6.37. The van der Waals surface area contributed by atoms with Crippen molar-refractivity contribution in [3.05, 3.63) is 0 Å². The summed E-state index contributed by atoms with van der Waals surface area (Å²) in [6.45, 7) is 3.24. The SMILES string of the molecule is CCCC[SiH2]C(C=O)CCCCCCCCCCCCOC1CCCCC1. The first-order valence-electron chi connectivity index (χ1n) is 12.4. The second-order valence-electron chi connectivity index (χ2n) is 8.85. The van der Waals surface area contributed by atoms with Gasteiger partial charge >= 0.3 is 0 Å². The van der Waals surface area contributed by atoms with Gasteiger partial charge in [0.1, 0.15) is 6.29 Å². The van der Waals surface area contributed by atoms with Gasteiger partial charge in [-0.2, -0.15) is 0 Å². The van der Waals surface area contributed by atoms with Crippen LogP contribution in [-0.2, 0) is 9.53 Å². The molecule has 160 valence electrons. The Morgan fingerprint density at radius 3 is 2.04 bits per heavy atom. The van der Waals surface area contributed by atoms with Crippen molar-refractivity contribution in [3.63, 3.8) is 0 Å². The van der Waals surface area contributed by atoms with Crippen LogP contribution in [0.3, 0.4) is 0 Å². The summed E-state index contributed by atoms with van der Waals surface area (Å²) in [4.78, 5) is 11.1. The van der Waals surface area contributed by atoms with Crippen LogP contribution in [0.2, 0.25) is 11.6 Å². The van der Waals surface area contributed by atoms with Crippen molar-refractivity contribution in [3.8, 4) is 0 Å². The van der Waals surface area contributed by atoms with Gasteiger partial charge in [0.05, 0.1) is 6.10 Å². The van der Waals surface area contributed by atoms with E-state index in [-0.39, 0.29) is 9.52 Å². The third-order valence-electron chi connectivity index (χ3n) is 6.25. The molecule has 0 spiro atoms. The molecule has 0 N–H and O–H groups in total. The second kappa shape index (κ2) is 19.2. The van der Waals surface area contributed by atoms with Crippen molar-refractivity contribution in [2.24, 2.45) is 0 Å². The van der Waals surface area contributed by atoms with E-state index in [1.807, 2.05) is 0 Å². The number of rotatable bonds is 19. The molecule has 2 nitrogen and oxygen atoms in total. The number of unbranched alkanes of at least 4 members (excludes halogenated alkanes) is 10. The Hall–Kier alpha value is -0.153. The molecule has 1 atom stereocenters. The van der Waals surface area contributed by atoms with E-state index in [1.165, 1.54) is 128 Å². The van der Waals surface area contributed by atoms with Crippen LogP contribution in [0.5, 0.6) is 0 Å². The maximum Gasteiger partial charge on any atom is 0.119 e. The van der Waals surface area contributed by atoms with Crippen LogP contribution >= 0.6 is 0 Å². The van der Waals surface area contributed by atoms with Crippen molar-refractivity contribution >= 4 is 15.8 Å². The van der Waals surface area contributed by atoms with Gasteiger partial charge in [-0.3, -0.25) is 0 Å². The molecule has 1 aliphatic carbocycles. The van der Waals surface area contributed by atoms with Crippen LogP contribution in [-0.4, -0.2) is 28.5 Å². The van der Waals surface area contributed by atoms with Crippen LogP contribution in [0.25, 0.3) is 0 Å². The molecule has 0 aromatic rings. The highest BCUT2D eigenvalue weighted by molar-refractivity contribution is 6.42. The zero-order chi connectivity index (χ0) is 19.4. The van der Waals surface area contributed by atoms with E-state index < -0.39 is 0 Å². The van der Waals surface area contributed by atoms with Crippen molar-refractivity contribution in [1.82, 2.24) is 0 Å². The van der Waals surface area contributed by atoms with E-state index in [9.17, 15) is 4.79 Å². The Morgan fingerprint density at radius 2 is 1.44 bits per heavy atom. The highest BCUT2D eigenvalue weighted by Gasteiger charge is 2.12. The number of ether oxygens (including phenoxy) is 1. The summed E-state index contributed by atoms with van der Waals surface area (Å²) in [5, 5.41) is 0. The Kier molecular flexibility index (Phi) is 17.7. The van der Waals surface area contributed by atoms with Crippen LogP contribution < -0.4 is 0 Å². The lowest BCUT2D eigenvalue weighted by molar-refractivity contribution is -0.107. The fourth-order valence-electron chi connectivity index (χ4n) is 4.34. The molecule has 1 rings (SSSR count). The predicted octanol–water partition coefficient (Wildman–Crippen LogP) is 7.00. The van der Waals surface area contributed by atoms with E-state index >= 15 is 0 Å². The smallest absolute Gasteiger partial charge is 0.119 e. The summed E-state index contributed by atoms with van der Waals surface area (Å²) in [7, 11) is -0.129. The van der Waals surface area contributed by atoms with Crippen molar-refractivity contribution in [1.29, 1.82) is 0 Å². The molecule has 0 aromatic carbocycles. The highest BCUT2D eigenvalue weighted by atomic mass is 28.2. The summed E-state index contributed by atoms with van der Waals surface area (Å²) < 4.78 is 6.00. The van der Waals surface area contributed by atoms with Gasteiger partial charge in [-0.05, 0) is 25.7 Å². The van der Waals surface area contributed by atoms with E-state index in [0.717, 1.165) is 6.61 Å². The minimum atomic E-state index is -0.129. The van der Waals surface area contributed by atoms with Crippen LogP contribution in [0, 0.1) is 0 Å². The van der Waals surface area contributed by atoms with E-state index in [1.54, 1.807) is 0 Å². The molecule has 1 aliphatic rings. The Balaban J connectivity index is 1.75. The molecule has 0 heterocycles. The van der Waals surface area contributed by atoms with Crippen molar-refractivity contribution < 1.29 is 9.53 Å². The van der Waals surface area contributed by atoms with Gasteiger partial charge in [-0.25, -0.2) is 0 Å². The van der Waals surface area contributed by atoms with Gasteiger partial charge in [0.2, 0.25) is 0 Å². The van der Waals surface area contributed by atoms with Gasteiger partial charge in [-0.15, -0.1) is 0 Å². The number of carbonyl (C=O) groups excluding carboxylic acids is 1. The standard InChI is InChI=1S/C24H48O2Si/c1-2-3-21-27-24(22-25)19-15-10-8-6-4-5-7-9-11-16-20-26-23-17-13-12-14-18-23/h22-24H,2-21,27H2,1H3. The molecule has 0 bridgehead atoms. The summed E-state index contributed by atoms with van der Waals surface area (Å²) in [5.41, 5.74) is 0.471. The molecule has 27 heavy (non-hydrogen) atoms. The van der Waals surface area contributed by atoms with Crippen LogP contribution in [0.15, 0.2) is 0 Å². The summed E-state index contributed by atoms with van der Waals surface area (Å²) in [5.74, 6) is 0. The molecule has 1 fully saturated rings. The third-order valence-corrected chi connectivity index (χ3v) is 8.50. The lowest BCUT2D eigenvalue weighted by atomic mass is 9.98. The number of carbonyl (C=O) groups is 1. The lowest BCUT2D eigenvalue weighted by Crippen LogP contribution is -2.17. The number of hydrogen-bond donors (Lipinski definition) is 0. The molecule has 3 heteroatoms. The molecular weight excluding hydrogens is 348 g/mol. The Labute approximate surface area is 172 Å².